The van der Waals surface area contributed by atoms with E-state index in [1.165, 1.54) is 25.7 Å². The van der Waals surface area contributed by atoms with Crippen LogP contribution in [0.1, 0.15) is 51.1 Å². The van der Waals surface area contributed by atoms with Crippen LogP contribution in [0.15, 0.2) is 29.1 Å². The Bertz CT molecular complexity index is 945. The molecule has 8 heteroatoms. The monoisotopic (exact) mass is 439 g/mol. The van der Waals surface area contributed by atoms with E-state index in [0.29, 0.717) is 30.6 Å². The van der Waals surface area contributed by atoms with Crippen LogP contribution in [0.3, 0.4) is 0 Å². The molecule has 0 radical (unpaired) electrons. The number of nitrogens with zero attached hydrogens (tertiary/aromatic N) is 4. The molecular formula is C24H33N5O3. The molecular weight excluding hydrogens is 406 g/mol. The van der Waals surface area contributed by atoms with Crippen LogP contribution >= 0.6 is 0 Å². The minimum absolute atomic E-state index is 0.0871. The molecule has 1 aliphatic heterocycles. The Kier molecular flexibility index (Phi) is 7.52. The van der Waals surface area contributed by atoms with Gasteiger partial charge in [0.05, 0.1) is 6.61 Å². The molecule has 0 spiro atoms. The molecule has 1 N–H and O–H groups in total. The second-order valence-electron chi connectivity index (χ2n) is 8.68. The molecule has 1 amide bonds. The van der Waals surface area contributed by atoms with E-state index in [0.717, 1.165) is 43.9 Å². The van der Waals surface area contributed by atoms with Gasteiger partial charge in [0, 0.05) is 50.6 Å². The Balaban J connectivity index is 1.28. The van der Waals surface area contributed by atoms with Crippen LogP contribution in [0.5, 0.6) is 5.75 Å². The van der Waals surface area contributed by atoms with E-state index in [-0.39, 0.29) is 17.9 Å². The average molecular weight is 440 g/mol. The summed E-state index contributed by atoms with van der Waals surface area (Å²) in [5.74, 6) is 1.28. The number of carbonyl (C=O) groups excluding carboxylic acids is 1. The number of H-pyrrole nitrogens is 1. The summed E-state index contributed by atoms with van der Waals surface area (Å²) in [6, 6.07) is 8.10. The summed E-state index contributed by atoms with van der Waals surface area (Å²) in [6.45, 7) is 6.17. The second kappa shape index (κ2) is 10.7. The third kappa shape index (κ3) is 5.54. The fourth-order valence-electron chi connectivity index (χ4n) is 4.57. The molecule has 1 aromatic heterocycles. The predicted octanol–water partition coefficient (Wildman–Crippen LogP) is 2.64. The maximum atomic E-state index is 12.6. The van der Waals surface area contributed by atoms with Crippen molar-refractivity contribution in [3.05, 3.63) is 40.3 Å². The van der Waals surface area contributed by atoms with Gasteiger partial charge in [-0.25, -0.2) is 0 Å². The lowest BCUT2D eigenvalue weighted by Gasteiger charge is -2.38. The normalized spacial score (nSPS) is 17.6. The van der Waals surface area contributed by atoms with E-state index >= 15 is 0 Å². The number of ether oxygens (including phenoxy) is 1. The summed E-state index contributed by atoms with van der Waals surface area (Å²) in [4.78, 5) is 32.4. The molecule has 0 unspecified atom stereocenters. The van der Waals surface area contributed by atoms with Gasteiger partial charge < -0.3 is 14.6 Å². The highest BCUT2D eigenvalue weighted by molar-refractivity contribution is 5.76. The summed E-state index contributed by atoms with van der Waals surface area (Å²) in [7, 11) is 0. The minimum atomic E-state index is -0.292. The first-order valence-corrected chi connectivity index (χ1v) is 11.8. The van der Waals surface area contributed by atoms with Gasteiger partial charge in [0.1, 0.15) is 11.4 Å². The predicted molar refractivity (Wildman–Crippen MR) is 123 cm³/mol. The number of amides is 1. The van der Waals surface area contributed by atoms with Gasteiger partial charge in [0.2, 0.25) is 5.91 Å². The van der Waals surface area contributed by atoms with Crippen LogP contribution in [-0.2, 0) is 11.2 Å². The number of rotatable bonds is 8. The molecule has 4 rings (SSSR count). The molecule has 1 aromatic carbocycles. The SMILES string of the molecule is CCCOc1ccc(-c2nnc(CCC(=O)N3CCN(C4CCCC4)CC3)c(=O)[nH]2)cc1. The number of hydrogen-bond acceptors (Lipinski definition) is 6. The summed E-state index contributed by atoms with van der Waals surface area (Å²) in [6.07, 6.45) is 6.78. The van der Waals surface area contributed by atoms with E-state index in [9.17, 15) is 9.59 Å². The Morgan fingerprint density at radius 1 is 1.09 bits per heavy atom. The van der Waals surface area contributed by atoms with E-state index in [1.54, 1.807) is 0 Å². The van der Waals surface area contributed by atoms with Gasteiger partial charge in [0.15, 0.2) is 5.82 Å². The first kappa shape index (κ1) is 22.5. The zero-order valence-corrected chi connectivity index (χ0v) is 18.9. The van der Waals surface area contributed by atoms with Crippen molar-refractivity contribution in [2.24, 2.45) is 0 Å². The van der Waals surface area contributed by atoms with Crippen molar-refractivity contribution in [1.29, 1.82) is 0 Å². The van der Waals surface area contributed by atoms with Crippen LogP contribution in [0, 0.1) is 0 Å². The molecule has 2 aliphatic rings. The Morgan fingerprint density at radius 2 is 1.81 bits per heavy atom. The van der Waals surface area contributed by atoms with Crippen molar-refractivity contribution in [2.75, 3.05) is 32.8 Å². The largest absolute Gasteiger partial charge is 0.494 e. The van der Waals surface area contributed by atoms with Gasteiger partial charge in [-0.1, -0.05) is 19.8 Å². The molecule has 1 saturated carbocycles. The molecule has 2 heterocycles. The van der Waals surface area contributed by atoms with Crippen LogP contribution in [0.2, 0.25) is 0 Å². The first-order valence-electron chi connectivity index (χ1n) is 11.8. The maximum absolute atomic E-state index is 12.6. The summed E-state index contributed by atoms with van der Waals surface area (Å²) in [5, 5.41) is 8.27. The number of piperazine rings is 1. The van der Waals surface area contributed by atoms with Crippen molar-refractivity contribution in [3.8, 4) is 17.1 Å². The zero-order chi connectivity index (χ0) is 22.3. The van der Waals surface area contributed by atoms with E-state index < -0.39 is 0 Å². The molecule has 32 heavy (non-hydrogen) atoms. The third-order valence-electron chi connectivity index (χ3n) is 6.45. The zero-order valence-electron chi connectivity index (χ0n) is 18.9. The lowest BCUT2D eigenvalue weighted by atomic mass is 10.1. The van der Waals surface area contributed by atoms with Crippen LogP contribution in [0.25, 0.3) is 11.4 Å². The standard InChI is InChI=1S/C24H33N5O3/c1-2-17-32-20-9-7-18(8-10-20)23-25-24(31)21(26-27-23)11-12-22(30)29-15-13-28(14-16-29)19-5-3-4-6-19/h7-10,19H,2-6,11-17H2,1H3,(H,25,27,31). The van der Waals surface area contributed by atoms with Crippen molar-refractivity contribution < 1.29 is 9.53 Å². The highest BCUT2D eigenvalue weighted by atomic mass is 16.5. The van der Waals surface area contributed by atoms with E-state index in [4.69, 9.17) is 4.74 Å². The molecule has 1 aliphatic carbocycles. The molecule has 8 nitrogen and oxygen atoms in total. The number of aryl methyl sites for hydroxylation is 1. The quantitative estimate of drug-likeness (QED) is 0.680. The highest BCUT2D eigenvalue weighted by Crippen LogP contribution is 2.24. The fourth-order valence-corrected chi connectivity index (χ4v) is 4.57. The van der Waals surface area contributed by atoms with E-state index in [2.05, 4.69) is 27.0 Å². The number of nitrogens with one attached hydrogen (secondary N) is 1. The van der Waals surface area contributed by atoms with E-state index in [1.807, 2.05) is 29.2 Å². The van der Waals surface area contributed by atoms with Crippen molar-refractivity contribution in [2.45, 2.75) is 57.9 Å². The van der Waals surface area contributed by atoms with Gasteiger partial charge in [0.25, 0.3) is 5.56 Å². The van der Waals surface area contributed by atoms with Crippen molar-refractivity contribution >= 4 is 5.91 Å². The van der Waals surface area contributed by atoms with Gasteiger partial charge in [-0.15, -0.1) is 10.2 Å². The molecule has 0 bridgehead atoms. The third-order valence-corrected chi connectivity index (χ3v) is 6.45. The first-order chi connectivity index (χ1) is 15.6. The van der Waals surface area contributed by atoms with Crippen LogP contribution in [-0.4, -0.2) is 69.7 Å². The molecule has 2 fully saturated rings. The van der Waals surface area contributed by atoms with Gasteiger partial charge in [-0.3, -0.25) is 14.5 Å². The summed E-state index contributed by atoms with van der Waals surface area (Å²) < 4.78 is 5.58. The van der Waals surface area contributed by atoms with Gasteiger partial charge in [-0.2, -0.15) is 0 Å². The highest BCUT2D eigenvalue weighted by Gasteiger charge is 2.27. The summed E-state index contributed by atoms with van der Waals surface area (Å²) >= 11 is 0. The lowest BCUT2D eigenvalue weighted by Crippen LogP contribution is -2.51. The maximum Gasteiger partial charge on any atom is 0.273 e. The Morgan fingerprint density at radius 3 is 2.47 bits per heavy atom. The number of carbonyl (C=O) groups is 1. The molecule has 2 aromatic rings. The van der Waals surface area contributed by atoms with Gasteiger partial charge >= 0.3 is 0 Å². The topological polar surface area (TPSA) is 91.4 Å². The minimum Gasteiger partial charge on any atom is -0.494 e. The molecule has 172 valence electrons. The number of aromatic nitrogens is 3. The Hall–Kier alpha value is -2.74. The fraction of sp³-hybridized carbons (Fsp3) is 0.583. The smallest absolute Gasteiger partial charge is 0.273 e. The number of hydrogen-bond donors (Lipinski definition) is 1. The lowest BCUT2D eigenvalue weighted by molar-refractivity contribution is -0.133. The van der Waals surface area contributed by atoms with Crippen LogP contribution in [0.4, 0.5) is 0 Å². The summed E-state index contributed by atoms with van der Waals surface area (Å²) in [5.41, 5.74) is 0.774. The molecule has 0 atom stereocenters. The Labute approximate surface area is 189 Å². The second-order valence-corrected chi connectivity index (χ2v) is 8.68. The number of aromatic amines is 1. The van der Waals surface area contributed by atoms with Crippen LogP contribution < -0.4 is 10.3 Å². The van der Waals surface area contributed by atoms with Gasteiger partial charge in [-0.05, 0) is 43.5 Å². The van der Waals surface area contributed by atoms with Crippen molar-refractivity contribution in [3.63, 3.8) is 0 Å². The number of benzene rings is 1. The molecule has 1 saturated heterocycles. The average Bonchev–Trinajstić information content (AvgIpc) is 3.37. The van der Waals surface area contributed by atoms with Crippen molar-refractivity contribution in [1.82, 2.24) is 25.0 Å².